The molecule has 0 radical (unpaired) electrons. The molecule has 8 nitrogen and oxygen atoms in total. The van der Waals surface area contributed by atoms with Crippen molar-refractivity contribution in [3.8, 4) is 5.75 Å². The Kier molecular flexibility index (Phi) is 6.19. The number of amides is 1. The van der Waals surface area contributed by atoms with Crippen LogP contribution < -0.4 is 15.4 Å². The number of anilines is 1. The van der Waals surface area contributed by atoms with Crippen LogP contribution in [0.2, 0.25) is 0 Å². The third-order valence-corrected chi connectivity index (χ3v) is 3.40. The van der Waals surface area contributed by atoms with Gasteiger partial charge in [0.25, 0.3) is 11.9 Å². The van der Waals surface area contributed by atoms with Gasteiger partial charge in [-0.05, 0) is 55.9 Å². The standard InChI is InChI=1S/C15H20N6O2S/c1-4-10(3)23-12-8-6-7-11(9-12)13(22)16-15(24)17-14-18-20-21(5-2)19-14/h6-10H,4-5H2,1-3H3,(H2,16,17,19,22,24)/t10-/m0/s1. The average molecular weight is 348 g/mol. The minimum absolute atomic E-state index is 0.0818. The molecule has 0 aliphatic rings. The van der Waals surface area contributed by atoms with Gasteiger partial charge in [-0.25, -0.2) is 0 Å². The second-order valence-electron chi connectivity index (χ2n) is 5.07. The number of aromatic nitrogens is 4. The highest BCUT2D eigenvalue weighted by Gasteiger charge is 2.11. The first-order valence-electron chi connectivity index (χ1n) is 7.68. The second-order valence-corrected chi connectivity index (χ2v) is 5.48. The van der Waals surface area contributed by atoms with Gasteiger partial charge >= 0.3 is 0 Å². The number of aryl methyl sites for hydroxylation is 1. The van der Waals surface area contributed by atoms with Crippen LogP contribution in [0.3, 0.4) is 0 Å². The molecule has 0 aliphatic carbocycles. The smallest absolute Gasteiger partial charge is 0.269 e. The molecule has 1 heterocycles. The van der Waals surface area contributed by atoms with Crippen LogP contribution in [0.15, 0.2) is 24.3 Å². The number of ether oxygens (including phenoxy) is 1. The van der Waals surface area contributed by atoms with Gasteiger partial charge in [0.1, 0.15) is 5.75 Å². The van der Waals surface area contributed by atoms with Crippen molar-refractivity contribution in [2.45, 2.75) is 39.8 Å². The van der Waals surface area contributed by atoms with Crippen molar-refractivity contribution < 1.29 is 9.53 Å². The molecule has 128 valence electrons. The lowest BCUT2D eigenvalue weighted by Gasteiger charge is -2.13. The molecule has 0 unspecified atom stereocenters. The first kappa shape index (κ1) is 17.8. The fourth-order valence-corrected chi connectivity index (χ4v) is 1.95. The summed E-state index contributed by atoms with van der Waals surface area (Å²) in [7, 11) is 0. The Morgan fingerprint density at radius 2 is 2.21 bits per heavy atom. The first-order valence-corrected chi connectivity index (χ1v) is 8.09. The van der Waals surface area contributed by atoms with E-state index in [0.717, 1.165) is 6.42 Å². The number of nitrogens with one attached hydrogen (secondary N) is 2. The van der Waals surface area contributed by atoms with Gasteiger partial charge in [-0.15, -0.1) is 5.10 Å². The second kappa shape index (κ2) is 8.34. The minimum atomic E-state index is -0.343. The highest BCUT2D eigenvalue weighted by Crippen LogP contribution is 2.15. The van der Waals surface area contributed by atoms with Gasteiger partial charge in [0.2, 0.25) is 0 Å². The molecule has 1 amide bonds. The number of carbonyl (C=O) groups excluding carboxylic acids is 1. The summed E-state index contributed by atoms with van der Waals surface area (Å²) in [6.45, 7) is 6.49. The van der Waals surface area contributed by atoms with Gasteiger partial charge < -0.3 is 4.74 Å². The largest absolute Gasteiger partial charge is 0.491 e. The molecule has 2 N–H and O–H groups in total. The third kappa shape index (κ3) is 4.98. The normalized spacial score (nSPS) is 11.6. The maximum absolute atomic E-state index is 12.3. The van der Waals surface area contributed by atoms with Crippen molar-refractivity contribution in [1.82, 2.24) is 25.5 Å². The molecule has 0 fully saturated rings. The molecule has 0 bridgehead atoms. The van der Waals surface area contributed by atoms with E-state index in [9.17, 15) is 4.79 Å². The number of rotatable bonds is 6. The topological polar surface area (TPSA) is 94.0 Å². The minimum Gasteiger partial charge on any atom is -0.491 e. The molecule has 0 spiro atoms. The molecule has 9 heteroatoms. The van der Waals surface area contributed by atoms with E-state index in [4.69, 9.17) is 17.0 Å². The molecular weight excluding hydrogens is 328 g/mol. The molecule has 0 saturated carbocycles. The number of carbonyl (C=O) groups is 1. The van der Waals surface area contributed by atoms with E-state index in [2.05, 4.69) is 26.0 Å². The molecule has 1 aromatic carbocycles. The summed E-state index contributed by atoms with van der Waals surface area (Å²) in [6.07, 6.45) is 0.967. The van der Waals surface area contributed by atoms with Gasteiger partial charge in [0.05, 0.1) is 12.6 Å². The van der Waals surface area contributed by atoms with E-state index in [1.54, 1.807) is 18.2 Å². The van der Waals surface area contributed by atoms with Crippen LogP contribution in [0.1, 0.15) is 37.6 Å². The van der Waals surface area contributed by atoms with Crippen LogP contribution in [-0.2, 0) is 6.54 Å². The van der Waals surface area contributed by atoms with Crippen molar-refractivity contribution >= 4 is 29.2 Å². The Bertz CT molecular complexity index is 717. The molecule has 2 aromatic rings. The van der Waals surface area contributed by atoms with Crippen LogP contribution in [0.25, 0.3) is 0 Å². The number of hydrogen-bond acceptors (Lipinski definition) is 6. The number of nitrogens with zero attached hydrogens (tertiary/aromatic N) is 4. The highest BCUT2D eigenvalue weighted by molar-refractivity contribution is 7.80. The van der Waals surface area contributed by atoms with Crippen LogP contribution in [-0.4, -0.2) is 37.3 Å². The summed E-state index contributed by atoms with van der Waals surface area (Å²) < 4.78 is 5.71. The van der Waals surface area contributed by atoms with Crippen LogP contribution in [0.5, 0.6) is 5.75 Å². The number of tetrazole rings is 1. The van der Waals surface area contributed by atoms with Crippen molar-refractivity contribution in [3.63, 3.8) is 0 Å². The quantitative estimate of drug-likeness (QED) is 0.771. The summed E-state index contributed by atoms with van der Waals surface area (Å²) in [5, 5.41) is 17.0. The monoisotopic (exact) mass is 348 g/mol. The van der Waals surface area contributed by atoms with E-state index < -0.39 is 0 Å². The lowest BCUT2D eigenvalue weighted by atomic mass is 10.2. The van der Waals surface area contributed by atoms with Gasteiger partial charge in [0, 0.05) is 5.56 Å². The first-order chi connectivity index (χ1) is 11.5. The van der Waals surface area contributed by atoms with Gasteiger partial charge in [-0.1, -0.05) is 18.1 Å². The summed E-state index contributed by atoms with van der Waals surface area (Å²) in [6, 6.07) is 6.94. The SMILES string of the molecule is CC[C@H](C)Oc1cccc(C(=O)NC(=S)Nc2nnn(CC)n2)c1. The molecule has 2 rings (SSSR count). The van der Waals surface area contributed by atoms with Crippen molar-refractivity contribution in [3.05, 3.63) is 29.8 Å². The average Bonchev–Trinajstić information content (AvgIpc) is 3.02. The molecular formula is C15H20N6O2S. The number of benzene rings is 1. The van der Waals surface area contributed by atoms with Crippen molar-refractivity contribution in [1.29, 1.82) is 0 Å². The zero-order valence-corrected chi connectivity index (χ0v) is 14.6. The summed E-state index contributed by atoms with van der Waals surface area (Å²) >= 11 is 5.09. The zero-order chi connectivity index (χ0) is 17.5. The molecule has 0 aliphatic heterocycles. The predicted molar refractivity (Wildman–Crippen MR) is 94.0 cm³/mol. The zero-order valence-electron chi connectivity index (χ0n) is 13.8. The van der Waals surface area contributed by atoms with E-state index in [1.165, 1.54) is 4.80 Å². The lowest BCUT2D eigenvalue weighted by molar-refractivity contribution is 0.0977. The highest BCUT2D eigenvalue weighted by atomic mass is 32.1. The fraction of sp³-hybridized carbons (Fsp3) is 0.400. The maximum Gasteiger partial charge on any atom is 0.269 e. The number of thiocarbonyl (C=S) groups is 1. The Labute approximate surface area is 145 Å². The molecule has 1 atom stereocenters. The molecule has 0 saturated heterocycles. The van der Waals surface area contributed by atoms with Crippen LogP contribution in [0, 0.1) is 0 Å². The predicted octanol–water partition coefficient (Wildman–Crippen LogP) is 2.00. The fourth-order valence-electron chi connectivity index (χ4n) is 1.76. The maximum atomic E-state index is 12.3. The molecule has 24 heavy (non-hydrogen) atoms. The van der Waals surface area contributed by atoms with Crippen molar-refractivity contribution in [2.75, 3.05) is 5.32 Å². The summed E-state index contributed by atoms with van der Waals surface area (Å²) in [4.78, 5) is 13.7. The van der Waals surface area contributed by atoms with E-state index >= 15 is 0 Å². The Morgan fingerprint density at radius 1 is 1.42 bits per heavy atom. The van der Waals surface area contributed by atoms with Gasteiger partial charge in [0.15, 0.2) is 5.11 Å². The Hall–Kier alpha value is -2.55. The van der Waals surface area contributed by atoms with Crippen molar-refractivity contribution in [2.24, 2.45) is 0 Å². The van der Waals surface area contributed by atoms with Crippen LogP contribution in [0.4, 0.5) is 5.95 Å². The number of hydrogen-bond donors (Lipinski definition) is 2. The Balaban J connectivity index is 1.96. The summed E-state index contributed by atoms with van der Waals surface area (Å²) in [5.41, 5.74) is 0.449. The van der Waals surface area contributed by atoms with E-state index in [-0.39, 0.29) is 23.1 Å². The summed E-state index contributed by atoms with van der Waals surface area (Å²) in [5.74, 6) is 0.532. The van der Waals surface area contributed by atoms with E-state index in [0.29, 0.717) is 17.9 Å². The van der Waals surface area contributed by atoms with Crippen LogP contribution >= 0.6 is 12.2 Å². The lowest BCUT2D eigenvalue weighted by Crippen LogP contribution is -2.34. The van der Waals surface area contributed by atoms with Gasteiger partial charge in [-0.3, -0.25) is 15.4 Å². The molecule has 1 aromatic heterocycles. The van der Waals surface area contributed by atoms with E-state index in [1.807, 2.05) is 26.8 Å². The van der Waals surface area contributed by atoms with Gasteiger partial charge in [-0.2, -0.15) is 4.80 Å². The Morgan fingerprint density at radius 3 is 2.88 bits per heavy atom. The third-order valence-electron chi connectivity index (χ3n) is 3.20.